The summed E-state index contributed by atoms with van der Waals surface area (Å²) in [5.74, 6) is 0. The Bertz CT molecular complexity index is 269. The third-order valence-electron chi connectivity index (χ3n) is 1.61. The van der Waals surface area contributed by atoms with Gasteiger partial charge in [0.1, 0.15) is 0 Å². The molecule has 2 rings (SSSR count). The van der Waals surface area contributed by atoms with Crippen LogP contribution in [-0.2, 0) is 4.74 Å². The lowest BCUT2D eigenvalue weighted by atomic mass is 10.1. The second-order valence-electron chi connectivity index (χ2n) is 2.34. The second-order valence-corrected chi connectivity index (χ2v) is 2.34. The average Bonchev–Trinajstić information content (AvgIpc) is 2.58. The Kier molecular flexibility index (Phi) is 1.55. The SMILES string of the molecule is [c]1ncc(C2=COCC2)cn1. The molecule has 0 saturated heterocycles. The number of hydrogen-bond acceptors (Lipinski definition) is 3. The van der Waals surface area contributed by atoms with Crippen molar-refractivity contribution in [2.24, 2.45) is 0 Å². The first-order valence-electron chi connectivity index (χ1n) is 3.46. The van der Waals surface area contributed by atoms with Gasteiger partial charge in [-0.05, 0) is 0 Å². The predicted molar refractivity (Wildman–Crippen MR) is 39.4 cm³/mol. The first kappa shape index (κ1) is 6.34. The van der Waals surface area contributed by atoms with Gasteiger partial charge in [-0.2, -0.15) is 0 Å². The molecule has 55 valence electrons. The van der Waals surface area contributed by atoms with Gasteiger partial charge in [0.15, 0.2) is 6.33 Å². The molecule has 1 radical (unpaired) electrons. The molecular weight excluding hydrogens is 140 g/mol. The van der Waals surface area contributed by atoms with Gasteiger partial charge in [0.05, 0.1) is 12.9 Å². The fourth-order valence-electron chi connectivity index (χ4n) is 1.03. The highest BCUT2D eigenvalue weighted by atomic mass is 16.5. The monoisotopic (exact) mass is 147 g/mol. The maximum absolute atomic E-state index is 5.08. The minimum atomic E-state index is 0.772. The maximum Gasteiger partial charge on any atom is 0.197 e. The van der Waals surface area contributed by atoms with Crippen LogP contribution in [0.5, 0.6) is 0 Å². The van der Waals surface area contributed by atoms with Crippen molar-refractivity contribution < 1.29 is 4.74 Å². The molecule has 11 heavy (non-hydrogen) atoms. The Balaban J connectivity index is 2.29. The minimum absolute atomic E-state index is 0.772. The summed E-state index contributed by atoms with van der Waals surface area (Å²) in [5, 5.41) is 0. The van der Waals surface area contributed by atoms with Crippen LogP contribution in [0.25, 0.3) is 5.57 Å². The Morgan fingerprint density at radius 2 is 2.18 bits per heavy atom. The second kappa shape index (κ2) is 2.70. The molecule has 0 N–H and O–H groups in total. The van der Waals surface area contributed by atoms with E-state index in [-0.39, 0.29) is 0 Å². The van der Waals surface area contributed by atoms with Crippen LogP contribution in [0.15, 0.2) is 18.7 Å². The molecule has 2 heterocycles. The van der Waals surface area contributed by atoms with Crippen LogP contribution in [0.3, 0.4) is 0 Å². The van der Waals surface area contributed by atoms with E-state index in [1.807, 2.05) is 0 Å². The molecule has 0 aliphatic carbocycles. The quantitative estimate of drug-likeness (QED) is 0.595. The summed E-state index contributed by atoms with van der Waals surface area (Å²) in [6, 6.07) is 0. The van der Waals surface area contributed by atoms with Gasteiger partial charge in [0, 0.05) is 30.0 Å². The average molecular weight is 147 g/mol. The van der Waals surface area contributed by atoms with Crippen molar-refractivity contribution in [3.05, 3.63) is 30.5 Å². The highest BCUT2D eigenvalue weighted by molar-refractivity contribution is 5.64. The van der Waals surface area contributed by atoms with Crippen LogP contribution in [0, 0.1) is 6.33 Å². The van der Waals surface area contributed by atoms with E-state index in [2.05, 4.69) is 16.3 Å². The molecule has 0 amide bonds. The smallest absolute Gasteiger partial charge is 0.197 e. The molecule has 0 atom stereocenters. The molecule has 1 aliphatic rings. The van der Waals surface area contributed by atoms with Crippen molar-refractivity contribution in [2.75, 3.05) is 6.61 Å². The highest BCUT2D eigenvalue weighted by Crippen LogP contribution is 2.20. The Morgan fingerprint density at radius 3 is 2.82 bits per heavy atom. The van der Waals surface area contributed by atoms with Crippen molar-refractivity contribution in [1.82, 2.24) is 9.97 Å². The number of ether oxygens (including phenoxy) is 1. The summed E-state index contributed by atoms with van der Waals surface area (Å²) >= 11 is 0. The summed E-state index contributed by atoms with van der Waals surface area (Å²) in [6.45, 7) is 0.772. The Labute approximate surface area is 64.7 Å². The summed E-state index contributed by atoms with van der Waals surface area (Å²) in [5.41, 5.74) is 2.19. The fourth-order valence-corrected chi connectivity index (χ4v) is 1.03. The largest absolute Gasteiger partial charge is 0.501 e. The topological polar surface area (TPSA) is 35.0 Å². The van der Waals surface area contributed by atoms with Gasteiger partial charge < -0.3 is 4.74 Å². The molecule has 3 heteroatoms. The standard InChI is InChI=1S/C8H7N2O/c1-2-11-5-7(1)8-3-9-6-10-4-8/h3-5H,1-2H2. The molecule has 1 aromatic heterocycles. The van der Waals surface area contributed by atoms with Crippen LogP contribution in [-0.4, -0.2) is 16.6 Å². The van der Waals surface area contributed by atoms with Crippen LogP contribution >= 0.6 is 0 Å². The molecule has 1 aliphatic heterocycles. The van der Waals surface area contributed by atoms with Gasteiger partial charge in [0.25, 0.3) is 0 Å². The molecule has 0 spiro atoms. The first-order chi connectivity index (χ1) is 5.47. The fraction of sp³-hybridized carbons (Fsp3) is 0.250. The normalized spacial score (nSPS) is 15.8. The lowest BCUT2D eigenvalue weighted by Crippen LogP contribution is -1.85. The van der Waals surface area contributed by atoms with Gasteiger partial charge in [-0.15, -0.1) is 0 Å². The van der Waals surface area contributed by atoms with E-state index in [1.165, 1.54) is 5.57 Å². The van der Waals surface area contributed by atoms with Crippen molar-refractivity contribution in [3.8, 4) is 0 Å². The molecular formula is C8H7N2O. The van der Waals surface area contributed by atoms with E-state index in [1.54, 1.807) is 18.7 Å². The minimum Gasteiger partial charge on any atom is -0.501 e. The van der Waals surface area contributed by atoms with Crippen molar-refractivity contribution >= 4 is 5.57 Å². The van der Waals surface area contributed by atoms with E-state index in [4.69, 9.17) is 4.74 Å². The molecule has 0 aromatic carbocycles. The van der Waals surface area contributed by atoms with E-state index in [9.17, 15) is 0 Å². The zero-order chi connectivity index (χ0) is 7.52. The number of hydrogen-bond donors (Lipinski definition) is 0. The zero-order valence-electron chi connectivity index (χ0n) is 5.95. The predicted octanol–water partition coefficient (Wildman–Crippen LogP) is 1.04. The Hall–Kier alpha value is -1.38. The number of nitrogens with zero attached hydrogens (tertiary/aromatic N) is 2. The number of aromatic nitrogens is 2. The van der Waals surface area contributed by atoms with Gasteiger partial charge in [-0.25, -0.2) is 9.97 Å². The molecule has 1 aromatic rings. The molecule has 3 nitrogen and oxygen atoms in total. The van der Waals surface area contributed by atoms with Crippen molar-refractivity contribution in [3.63, 3.8) is 0 Å². The van der Waals surface area contributed by atoms with Crippen LogP contribution in [0.4, 0.5) is 0 Å². The molecule has 0 unspecified atom stereocenters. The number of rotatable bonds is 1. The summed E-state index contributed by atoms with van der Waals surface area (Å²) in [6.07, 6.45) is 8.69. The Morgan fingerprint density at radius 1 is 1.36 bits per heavy atom. The first-order valence-corrected chi connectivity index (χ1v) is 3.46. The maximum atomic E-state index is 5.08. The molecule has 0 bridgehead atoms. The highest BCUT2D eigenvalue weighted by Gasteiger charge is 2.07. The zero-order valence-corrected chi connectivity index (χ0v) is 5.95. The van der Waals surface area contributed by atoms with Crippen LogP contribution in [0.1, 0.15) is 12.0 Å². The van der Waals surface area contributed by atoms with Crippen molar-refractivity contribution in [2.45, 2.75) is 6.42 Å². The third-order valence-corrected chi connectivity index (χ3v) is 1.61. The summed E-state index contributed by atoms with van der Waals surface area (Å²) < 4.78 is 5.08. The van der Waals surface area contributed by atoms with Gasteiger partial charge in [-0.1, -0.05) is 0 Å². The van der Waals surface area contributed by atoms with Gasteiger partial charge in [-0.3, -0.25) is 0 Å². The van der Waals surface area contributed by atoms with E-state index in [0.29, 0.717) is 0 Å². The van der Waals surface area contributed by atoms with E-state index >= 15 is 0 Å². The lowest BCUT2D eigenvalue weighted by molar-refractivity contribution is 0.281. The summed E-state index contributed by atoms with van der Waals surface area (Å²) in [4.78, 5) is 7.59. The molecule has 0 fully saturated rings. The van der Waals surface area contributed by atoms with Crippen molar-refractivity contribution in [1.29, 1.82) is 0 Å². The molecule has 0 saturated carbocycles. The van der Waals surface area contributed by atoms with Crippen LogP contribution in [0.2, 0.25) is 0 Å². The van der Waals surface area contributed by atoms with E-state index in [0.717, 1.165) is 18.6 Å². The summed E-state index contributed by atoms with van der Waals surface area (Å²) in [7, 11) is 0. The van der Waals surface area contributed by atoms with Crippen LogP contribution < -0.4 is 0 Å². The lowest BCUT2D eigenvalue weighted by Gasteiger charge is -1.94. The third kappa shape index (κ3) is 1.22. The van der Waals surface area contributed by atoms with Gasteiger partial charge >= 0.3 is 0 Å². The van der Waals surface area contributed by atoms with E-state index < -0.39 is 0 Å². The van der Waals surface area contributed by atoms with Gasteiger partial charge in [0.2, 0.25) is 0 Å².